The van der Waals surface area contributed by atoms with E-state index in [0.29, 0.717) is 11.2 Å². The molecular weight excluding hydrogens is 222 g/mol. The summed E-state index contributed by atoms with van der Waals surface area (Å²) in [6.45, 7) is 10.3. The molecule has 0 fully saturated rings. The molecule has 1 unspecified atom stereocenters. The van der Waals surface area contributed by atoms with E-state index in [4.69, 9.17) is 11.6 Å². The first-order valence-electron chi connectivity index (χ1n) is 5.80. The first-order chi connectivity index (χ1) is 7.56. The molecule has 0 aliphatic heterocycles. The van der Waals surface area contributed by atoms with Crippen molar-refractivity contribution >= 4 is 11.6 Å². The summed E-state index contributed by atoms with van der Waals surface area (Å²) >= 11 is 5.92. The maximum absolute atomic E-state index is 5.92. The lowest BCUT2D eigenvalue weighted by molar-refractivity contribution is 0.201. The monoisotopic (exact) mass is 241 g/mol. The van der Waals surface area contributed by atoms with Crippen molar-refractivity contribution in [2.45, 2.75) is 46.7 Å². The van der Waals surface area contributed by atoms with Gasteiger partial charge >= 0.3 is 0 Å². The van der Waals surface area contributed by atoms with E-state index >= 15 is 0 Å². The highest BCUT2D eigenvalue weighted by Gasteiger charge is 2.12. The van der Waals surface area contributed by atoms with Crippen molar-refractivity contribution in [3.05, 3.63) is 22.7 Å². The van der Waals surface area contributed by atoms with Gasteiger partial charge in [-0.1, -0.05) is 25.4 Å². The van der Waals surface area contributed by atoms with Gasteiger partial charge in [0.1, 0.15) is 11.0 Å². The number of aromatic nitrogens is 2. The fourth-order valence-electron chi connectivity index (χ4n) is 1.68. The number of halogens is 1. The summed E-state index contributed by atoms with van der Waals surface area (Å²) in [7, 11) is 0. The van der Waals surface area contributed by atoms with E-state index in [-0.39, 0.29) is 0 Å². The topological polar surface area (TPSA) is 29.0 Å². The molecule has 0 saturated carbocycles. The normalized spacial score (nSPS) is 13.1. The number of aryl methyl sites for hydroxylation is 1. The smallest absolute Gasteiger partial charge is 0.144 e. The van der Waals surface area contributed by atoms with Crippen molar-refractivity contribution in [3.63, 3.8) is 0 Å². The van der Waals surface area contributed by atoms with E-state index in [0.717, 1.165) is 31.0 Å². The van der Waals surface area contributed by atoms with E-state index in [2.05, 4.69) is 35.6 Å². The van der Waals surface area contributed by atoms with Crippen LogP contribution >= 0.6 is 11.6 Å². The lowest BCUT2D eigenvalue weighted by atomic mass is 10.2. The summed E-state index contributed by atoms with van der Waals surface area (Å²) in [5.74, 6) is 0.812. The van der Waals surface area contributed by atoms with Crippen LogP contribution < -0.4 is 0 Å². The average molecular weight is 242 g/mol. The fraction of sp³-hybridized carbons (Fsp3) is 0.667. The first-order valence-corrected chi connectivity index (χ1v) is 6.18. The second-order valence-corrected chi connectivity index (χ2v) is 4.46. The zero-order valence-electron chi connectivity index (χ0n) is 10.5. The number of nitrogens with zero attached hydrogens (tertiary/aromatic N) is 3. The van der Waals surface area contributed by atoms with Gasteiger partial charge in [-0.3, -0.25) is 4.90 Å². The fourth-order valence-corrected chi connectivity index (χ4v) is 1.93. The zero-order valence-corrected chi connectivity index (χ0v) is 11.3. The van der Waals surface area contributed by atoms with E-state index < -0.39 is 0 Å². The Bertz CT molecular complexity index is 321. The lowest BCUT2D eigenvalue weighted by Crippen LogP contribution is -2.32. The van der Waals surface area contributed by atoms with Crippen LogP contribution in [0.3, 0.4) is 0 Å². The summed E-state index contributed by atoms with van der Waals surface area (Å²) in [6, 6.07) is 2.33. The molecule has 1 aromatic heterocycles. The summed E-state index contributed by atoms with van der Waals surface area (Å²) in [5.41, 5.74) is 0.926. The van der Waals surface area contributed by atoms with Crippen molar-refractivity contribution in [2.75, 3.05) is 6.54 Å². The van der Waals surface area contributed by atoms with Crippen LogP contribution in [-0.2, 0) is 6.54 Å². The first kappa shape index (κ1) is 13.4. The minimum absolute atomic E-state index is 0.530. The maximum atomic E-state index is 5.92. The maximum Gasteiger partial charge on any atom is 0.144 e. The molecule has 0 aromatic carbocycles. The average Bonchev–Trinajstić information content (AvgIpc) is 2.23. The Kier molecular flexibility index (Phi) is 5.16. The quantitative estimate of drug-likeness (QED) is 0.742. The van der Waals surface area contributed by atoms with Crippen molar-refractivity contribution < 1.29 is 0 Å². The van der Waals surface area contributed by atoms with E-state index in [1.54, 1.807) is 6.07 Å². The molecule has 0 N–H and O–H groups in total. The number of hydrogen-bond donors (Lipinski definition) is 0. The van der Waals surface area contributed by atoms with Gasteiger partial charge in [0.15, 0.2) is 0 Å². The van der Waals surface area contributed by atoms with E-state index in [1.165, 1.54) is 0 Å². The molecule has 0 aliphatic carbocycles. The van der Waals surface area contributed by atoms with Gasteiger partial charge in [0.2, 0.25) is 0 Å². The molecule has 90 valence electrons. The van der Waals surface area contributed by atoms with Crippen LogP contribution in [0, 0.1) is 6.92 Å². The summed E-state index contributed by atoms with van der Waals surface area (Å²) < 4.78 is 0. The van der Waals surface area contributed by atoms with Crippen molar-refractivity contribution in [1.82, 2.24) is 14.9 Å². The summed E-state index contributed by atoms with van der Waals surface area (Å²) in [4.78, 5) is 11.0. The molecule has 1 rings (SSSR count). The molecule has 1 atom stereocenters. The number of hydrogen-bond acceptors (Lipinski definition) is 3. The SMILES string of the molecule is CCC(C)N(CC)Cc1nc(C)cc(Cl)n1. The minimum Gasteiger partial charge on any atom is -0.294 e. The Hall–Kier alpha value is -0.670. The van der Waals surface area contributed by atoms with Gasteiger partial charge in [0.25, 0.3) is 0 Å². The molecule has 0 spiro atoms. The molecule has 3 nitrogen and oxygen atoms in total. The van der Waals surface area contributed by atoms with Crippen LogP contribution in [0.15, 0.2) is 6.07 Å². The van der Waals surface area contributed by atoms with Gasteiger partial charge in [-0.2, -0.15) is 0 Å². The number of rotatable bonds is 5. The van der Waals surface area contributed by atoms with Gasteiger partial charge in [0.05, 0.1) is 6.54 Å². The van der Waals surface area contributed by atoms with Crippen molar-refractivity contribution in [2.24, 2.45) is 0 Å². The highest BCUT2D eigenvalue weighted by atomic mass is 35.5. The van der Waals surface area contributed by atoms with Crippen molar-refractivity contribution in [3.8, 4) is 0 Å². The zero-order chi connectivity index (χ0) is 12.1. The molecule has 0 radical (unpaired) electrons. The largest absolute Gasteiger partial charge is 0.294 e. The lowest BCUT2D eigenvalue weighted by Gasteiger charge is -2.26. The molecular formula is C12H20ClN3. The second-order valence-electron chi connectivity index (χ2n) is 4.07. The third-order valence-electron chi connectivity index (χ3n) is 2.83. The second kappa shape index (κ2) is 6.16. The predicted octanol–water partition coefficient (Wildman–Crippen LogP) is 3.06. The van der Waals surface area contributed by atoms with Crippen molar-refractivity contribution in [1.29, 1.82) is 0 Å². The van der Waals surface area contributed by atoms with Crippen LogP contribution in [-0.4, -0.2) is 27.5 Å². The van der Waals surface area contributed by atoms with Crippen LogP contribution in [0.4, 0.5) is 0 Å². The highest BCUT2D eigenvalue weighted by Crippen LogP contribution is 2.11. The van der Waals surface area contributed by atoms with Gasteiger partial charge < -0.3 is 0 Å². The third-order valence-corrected chi connectivity index (χ3v) is 3.03. The molecule has 1 aromatic rings. The Morgan fingerprint density at radius 3 is 2.56 bits per heavy atom. The molecule has 0 bridgehead atoms. The van der Waals surface area contributed by atoms with Crippen LogP contribution in [0.25, 0.3) is 0 Å². The van der Waals surface area contributed by atoms with Crippen LogP contribution in [0.2, 0.25) is 5.15 Å². The summed E-state index contributed by atoms with van der Waals surface area (Å²) in [5, 5.41) is 0.530. The Labute approximate surface area is 103 Å². The highest BCUT2D eigenvalue weighted by molar-refractivity contribution is 6.29. The van der Waals surface area contributed by atoms with Gasteiger partial charge in [0, 0.05) is 11.7 Å². The Morgan fingerprint density at radius 2 is 2.06 bits per heavy atom. The van der Waals surface area contributed by atoms with E-state index in [9.17, 15) is 0 Å². The van der Waals surface area contributed by atoms with E-state index in [1.807, 2.05) is 6.92 Å². The molecule has 16 heavy (non-hydrogen) atoms. The molecule has 0 amide bonds. The van der Waals surface area contributed by atoms with Crippen LogP contribution in [0.1, 0.15) is 38.7 Å². The molecule has 0 aliphatic rings. The van der Waals surface area contributed by atoms with Gasteiger partial charge in [-0.15, -0.1) is 0 Å². The third kappa shape index (κ3) is 3.72. The predicted molar refractivity (Wildman–Crippen MR) is 67.6 cm³/mol. The Morgan fingerprint density at radius 1 is 1.38 bits per heavy atom. The van der Waals surface area contributed by atoms with Gasteiger partial charge in [-0.25, -0.2) is 9.97 Å². The van der Waals surface area contributed by atoms with Gasteiger partial charge in [-0.05, 0) is 32.9 Å². The van der Waals surface area contributed by atoms with Crippen LogP contribution in [0.5, 0.6) is 0 Å². The summed E-state index contributed by atoms with van der Waals surface area (Å²) in [6.07, 6.45) is 1.13. The molecule has 0 saturated heterocycles. The Balaban J connectivity index is 2.77. The standard InChI is InChI=1S/C12H20ClN3/c1-5-10(4)16(6-2)8-12-14-9(3)7-11(13)15-12/h7,10H,5-6,8H2,1-4H3. The minimum atomic E-state index is 0.530. The molecule has 1 heterocycles. The molecule has 4 heteroatoms.